The number of rotatable bonds is 6. The highest BCUT2D eigenvalue weighted by molar-refractivity contribution is 6.30. The van der Waals surface area contributed by atoms with Crippen LogP contribution in [-0.2, 0) is 0 Å². The van der Waals surface area contributed by atoms with E-state index < -0.39 is 0 Å². The molecule has 1 unspecified atom stereocenters. The van der Waals surface area contributed by atoms with Gasteiger partial charge in [-0.1, -0.05) is 30.7 Å². The molecule has 3 heteroatoms. The molecule has 0 bridgehead atoms. The first kappa shape index (κ1) is 15.8. The lowest BCUT2D eigenvalue weighted by molar-refractivity contribution is 0.166. The summed E-state index contributed by atoms with van der Waals surface area (Å²) in [4.78, 5) is 2.63. The molecule has 0 aromatic heterocycles. The smallest absolute Gasteiger partial charge is 0.0406 e. The Hall–Kier alpha value is -0.570. The summed E-state index contributed by atoms with van der Waals surface area (Å²) in [5.41, 5.74) is 1.71. The fourth-order valence-corrected chi connectivity index (χ4v) is 3.32. The predicted octanol–water partition coefficient (Wildman–Crippen LogP) is 4.26. The maximum absolute atomic E-state index is 5.98. The van der Waals surface area contributed by atoms with Gasteiger partial charge in [-0.3, -0.25) is 4.90 Å². The number of hydrogen-bond donors (Lipinski definition) is 1. The van der Waals surface area contributed by atoms with Crippen LogP contribution in [0.5, 0.6) is 0 Å². The van der Waals surface area contributed by atoms with Gasteiger partial charge < -0.3 is 5.32 Å². The average Bonchev–Trinajstić information content (AvgIpc) is 2.75. The molecule has 2 rings (SSSR count). The van der Waals surface area contributed by atoms with Crippen molar-refractivity contribution >= 4 is 11.6 Å². The highest BCUT2D eigenvalue weighted by Gasteiger charge is 2.31. The molecule has 1 fully saturated rings. The highest BCUT2D eigenvalue weighted by atomic mass is 35.5. The van der Waals surface area contributed by atoms with Crippen molar-refractivity contribution < 1.29 is 0 Å². The summed E-state index contributed by atoms with van der Waals surface area (Å²) in [6.45, 7) is 10.3. The number of likely N-dealkylation sites (tertiary alicyclic amines) is 1. The molecule has 0 amide bonds. The van der Waals surface area contributed by atoms with Gasteiger partial charge in [0.25, 0.3) is 0 Å². The van der Waals surface area contributed by atoms with E-state index >= 15 is 0 Å². The Labute approximate surface area is 128 Å². The van der Waals surface area contributed by atoms with E-state index in [1.807, 2.05) is 12.1 Å². The van der Waals surface area contributed by atoms with E-state index in [2.05, 4.69) is 43.1 Å². The molecule has 0 saturated carbocycles. The molecule has 0 spiro atoms. The maximum Gasteiger partial charge on any atom is 0.0406 e. The molecule has 1 N–H and O–H groups in total. The summed E-state index contributed by atoms with van der Waals surface area (Å²) in [5.74, 6) is 0. The van der Waals surface area contributed by atoms with Crippen LogP contribution < -0.4 is 5.32 Å². The predicted molar refractivity (Wildman–Crippen MR) is 87.4 cm³/mol. The topological polar surface area (TPSA) is 15.3 Å². The largest absolute Gasteiger partial charge is 0.310 e. The van der Waals surface area contributed by atoms with Crippen LogP contribution in [0.4, 0.5) is 0 Å². The SMILES string of the molecule is CCNC(CCN1CCCC1(C)C)c1ccc(Cl)cc1. The fourth-order valence-electron chi connectivity index (χ4n) is 3.19. The minimum absolute atomic E-state index is 0.372. The minimum Gasteiger partial charge on any atom is -0.310 e. The summed E-state index contributed by atoms with van der Waals surface area (Å²) in [6, 6.07) is 8.69. The van der Waals surface area contributed by atoms with Gasteiger partial charge in [0, 0.05) is 23.1 Å². The summed E-state index contributed by atoms with van der Waals surface area (Å²) < 4.78 is 0. The Morgan fingerprint density at radius 3 is 2.55 bits per heavy atom. The van der Waals surface area contributed by atoms with E-state index in [0.29, 0.717) is 11.6 Å². The molecule has 1 aliphatic heterocycles. The van der Waals surface area contributed by atoms with E-state index in [4.69, 9.17) is 11.6 Å². The Kier molecular flexibility index (Phi) is 5.48. The molecule has 0 aliphatic carbocycles. The van der Waals surface area contributed by atoms with Crippen LogP contribution in [0.15, 0.2) is 24.3 Å². The van der Waals surface area contributed by atoms with Gasteiger partial charge in [-0.2, -0.15) is 0 Å². The minimum atomic E-state index is 0.372. The summed E-state index contributed by atoms with van der Waals surface area (Å²) in [5, 5.41) is 4.41. The number of halogens is 1. The van der Waals surface area contributed by atoms with Crippen molar-refractivity contribution in [3.63, 3.8) is 0 Å². The Bertz CT molecular complexity index is 414. The Balaban J connectivity index is 1.97. The molecule has 2 nitrogen and oxygen atoms in total. The van der Waals surface area contributed by atoms with Crippen molar-refractivity contribution in [2.24, 2.45) is 0 Å². The van der Waals surface area contributed by atoms with Gasteiger partial charge in [0.2, 0.25) is 0 Å². The quantitative estimate of drug-likeness (QED) is 0.843. The molecule has 1 saturated heterocycles. The molecule has 1 aliphatic rings. The third-order valence-electron chi connectivity index (χ3n) is 4.48. The Morgan fingerprint density at radius 2 is 2.00 bits per heavy atom. The van der Waals surface area contributed by atoms with Crippen molar-refractivity contribution in [1.29, 1.82) is 0 Å². The summed E-state index contributed by atoms with van der Waals surface area (Å²) >= 11 is 5.98. The van der Waals surface area contributed by atoms with Crippen LogP contribution in [0, 0.1) is 0 Å². The van der Waals surface area contributed by atoms with Gasteiger partial charge in [0.15, 0.2) is 0 Å². The van der Waals surface area contributed by atoms with Gasteiger partial charge in [-0.15, -0.1) is 0 Å². The van der Waals surface area contributed by atoms with Crippen molar-refractivity contribution in [1.82, 2.24) is 10.2 Å². The van der Waals surface area contributed by atoms with Gasteiger partial charge in [0.05, 0.1) is 0 Å². The maximum atomic E-state index is 5.98. The van der Waals surface area contributed by atoms with Gasteiger partial charge in [0.1, 0.15) is 0 Å². The average molecular weight is 295 g/mol. The molecule has 20 heavy (non-hydrogen) atoms. The van der Waals surface area contributed by atoms with Gasteiger partial charge in [-0.25, -0.2) is 0 Å². The molecular formula is C17H27ClN2. The lowest BCUT2D eigenvalue weighted by atomic mass is 10.00. The van der Waals surface area contributed by atoms with Crippen molar-refractivity contribution in [2.75, 3.05) is 19.6 Å². The molecule has 112 valence electrons. The third-order valence-corrected chi connectivity index (χ3v) is 4.74. The first-order valence-electron chi connectivity index (χ1n) is 7.77. The second-order valence-electron chi connectivity index (χ2n) is 6.35. The standard InChI is InChI=1S/C17H27ClN2/c1-4-19-16(14-6-8-15(18)9-7-14)10-13-20-12-5-11-17(20,2)3/h6-9,16,19H,4-5,10-13H2,1-3H3. The van der Waals surface area contributed by atoms with E-state index in [1.54, 1.807) is 0 Å². The molecule has 0 radical (unpaired) electrons. The van der Waals surface area contributed by atoms with Crippen molar-refractivity contribution in [3.8, 4) is 0 Å². The zero-order valence-corrected chi connectivity index (χ0v) is 13.7. The van der Waals surface area contributed by atoms with Crippen LogP contribution in [-0.4, -0.2) is 30.1 Å². The van der Waals surface area contributed by atoms with Gasteiger partial charge in [-0.05, 0) is 63.9 Å². The molecule has 1 heterocycles. The van der Waals surface area contributed by atoms with Crippen LogP contribution in [0.3, 0.4) is 0 Å². The van der Waals surface area contributed by atoms with Gasteiger partial charge >= 0.3 is 0 Å². The molecule has 1 aromatic rings. The zero-order chi connectivity index (χ0) is 14.6. The number of nitrogens with one attached hydrogen (secondary N) is 1. The molecule has 1 atom stereocenters. The first-order chi connectivity index (χ1) is 9.53. The van der Waals surface area contributed by atoms with Crippen molar-refractivity contribution in [3.05, 3.63) is 34.9 Å². The second-order valence-corrected chi connectivity index (χ2v) is 6.79. The summed E-state index contributed by atoms with van der Waals surface area (Å²) in [7, 11) is 0. The fraction of sp³-hybridized carbons (Fsp3) is 0.647. The number of hydrogen-bond acceptors (Lipinski definition) is 2. The van der Waals surface area contributed by atoms with E-state index in [9.17, 15) is 0 Å². The van der Waals surface area contributed by atoms with Crippen LogP contribution in [0.1, 0.15) is 51.6 Å². The number of nitrogens with zero attached hydrogens (tertiary/aromatic N) is 1. The van der Waals surface area contributed by atoms with E-state index in [-0.39, 0.29) is 0 Å². The van der Waals surface area contributed by atoms with Crippen LogP contribution >= 0.6 is 11.6 Å². The summed E-state index contributed by atoms with van der Waals surface area (Å²) in [6.07, 6.45) is 3.80. The lowest BCUT2D eigenvalue weighted by Gasteiger charge is -2.33. The highest BCUT2D eigenvalue weighted by Crippen LogP contribution is 2.29. The first-order valence-corrected chi connectivity index (χ1v) is 8.14. The van der Waals surface area contributed by atoms with Crippen molar-refractivity contribution in [2.45, 2.75) is 51.6 Å². The van der Waals surface area contributed by atoms with E-state index in [0.717, 1.165) is 24.5 Å². The molecular weight excluding hydrogens is 268 g/mol. The van der Waals surface area contributed by atoms with Crippen LogP contribution in [0.25, 0.3) is 0 Å². The second kappa shape index (κ2) is 6.93. The number of benzene rings is 1. The normalized spacial score (nSPS) is 20.2. The molecule has 1 aromatic carbocycles. The third kappa shape index (κ3) is 3.97. The zero-order valence-electron chi connectivity index (χ0n) is 13.0. The van der Waals surface area contributed by atoms with Crippen LogP contribution in [0.2, 0.25) is 5.02 Å². The lowest BCUT2D eigenvalue weighted by Crippen LogP contribution is -2.40. The Morgan fingerprint density at radius 1 is 1.30 bits per heavy atom. The monoisotopic (exact) mass is 294 g/mol. The van der Waals surface area contributed by atoms with E-state index in [1.165, 1.54) is 24.9 Å².